The van der Waals surface area contributed by atoms with Crippen LogP contribution in [0, 0.1) is 24.2 Å². The van der Waals surface area contributed by atoms with Gasteiger partial charge in [0.05, 0.1) is 23.4 Å². The third-order valence-electron chi connectivity index (χ3n) is 4.39. The maximum absolute atomic E-state index is 8.87. The molecule has 0 radical (unpaired) electrons. The maximum Gasteiger partial charge on any atom is 0.137 e. The van der Waals surface area contributed by atoms with Crippen molar-refractivity contribution in [3.8, 4) is 6.07 Å². The van der Waals surface area contributed by atoms with Crippen molar-refractivity contribution in [2.24, 2.45) is 5.92 Å². The Kier molecular flexibility index (Phi) is 4.75. The number of methoxy groups -OCH3 is 1. The first-order valence-corrected chi connectivity index (χ1v) is 7.84. The van der Waals surface area contributed by atoms with E-state index >= 15 is 0 Å². The number of aromatic nitrogens is 1. The van der Waals surface area contributed by atoms with E-state index in [1.807, 2.05) is 37.3 Å². The Morgan fingerprint density at radius 2 is 2.13 bits per heavy atom. The Balaban J connectivity index is 1.62. The van der Waals surface area contributed by atoms with Crippen LogP contribution in [0.1, 0.15) is 22.6 Å². The second-order valence-corrected chi connectivity index (χ2v) is 6.18. The van der Waals surface area contributed by atoms with Crippen LogP contribution >= 0.6 is 0 Å². The summed E-state index contributed by atoms with van der Waals surface area (Å²) in [6.45, 7) is 4.69. The molecular formula is C18H21N3O2. The van der Waals surface area contributed by atoms with Gasteiger partial charge in [0.15, 0.2) is 0 Å². The predicted molar refractivity (Wildman–Crippen MR) is 85.7 cm³/mol. The Morgan fingerprint density at radius 3 is 2.74 bits per heavy atom. The summed E-state index contributed by atoms with van der Waals surface area (Å²) in [5.74, 6) is 1.33. The molecule has 120 valence electrons. The summed E-state index contributed by atoms with van der Waals surface area (Å²) in [6.07, 6.45) is 1.06. The zero-order valence-corrected chi connectivity index (χ0v) is 13.5. The Hall–Kier alpha value is -2.16. The average Bonchev–Trinajstić information content (AvgIpc) is 3.14. The van der Waals surface area contributed by atoms with E-state index in [1.165, 1.54) is 5.56 Å². The van der Waals surface area contributed by atoms with Crippen LogP contribution in [0.15, 0.2) is 34.9 Å². The van der Waals surface area contributed by atoms with Gasteiger partial charge in [0.25, 0.3) is 0 Å². The van der Waals surface area contributed by atoms with Crippen LogP contribution in [0.3, 0.4) is 0 Å². The summed E-state index contributed by atoms with van der Waals surface area (Å²) < 4.78 is 11.0. The van der Waals surface area contributed by atoms with E-state index in [9.17, 15) is 0 Å². The highest BCUT2D eigenvalue weighted by atomic mass is 16.5. The van der Waals surface area contributed by atoms with Crippen LogP contribution < -0.4 is 0 Å². The van der Waals surface area contributed by atoms with Crippen molar-refractivity contribution in [1.29, 1.82) is 5.26 Å². The zero-order valence-electron chi connectivity index (χ0n) is 13.5. The highest BCUT2D eigenvalue weighted by Gasteiger charge is 2.33. The van der Waals surface area contributed by atoms with Gasteiger partial charge in [-0.25, -0.2) is 0 Å². The lowest BCUT2D eigenvalue weighted by molar-refractivity contribution is 0.0761. The molecule has 0 saturated carbocycles. The standard InChI is InChI=1S/C18H21N3O2/c1-13-7-17(23-20-13)8-16-11-21(12-18(16)22-2)10-15-5-3-14(9-19)4-6-15/h3-7,16,18H,8,10-12H2,1-2H3/t16-,18+/m1/s1. The van der Waals surface area contributed by atoms with Crippen LogP contribution in [-0.2, 0) is 17.7 Å². The average molecular weight is 311 g/mol. The molecule has 1 aliphatic heterocycles. The molecule has 1 fully saturated rings. The number of hydrogen-bond acceptors (Lipinski definition) is 5. The van der Waals surface area contributed by atoms with Crippen LogP contribution in [-0.4, -0.2) is 36.4 Å². The van der Waals surface area contributed by atoms with Gasteiger partial charge in [0, 0.05) is 45.1 Å². The zero-order chi connectivity index (χ0) is 16.2. The molecular weight excluding hydrogens is 290 g/mol. The first-order valence-electron chi connectivity index (χ1n) is 7.84. The number of nitriles is 1. The summed E-state index contributed by atoms with van der Waals surface area (Å²) >= 11 is 0. The molecule has 0 unspecified atom stereocenters. The number of hydrogen-bond donors (Lipinski definition) is 0. The van der Waals surface area contributed by atoms with E-state index in [-0.39, 0.29) is 6.10 Å². The minimum atomic E-state index is 0.207. The summed E-state index contributed by atoms with van der Waals surface area (Å²) in [5.41, 5.74) is 2.83. The molecule has 0 N–H and O–H groups in total. The number of nitrogens with zero attached hydrogens (tertiary/aromatic N) is 3. The van der Waals surface area contributed by atoms with Crippen LogP contribution in [0.4, 0.5) is 0 Å². The third kappa shape index (κ3) is 3.79. The largest absolute Gasteiger partial charge is 0.380 e. The van der Waals surface area contributed by atoms with Crippen LogP contribution in [0.2, 0.25) is 0 Å². The highest BCUT2D eigenvalue weighted by Crippen LogP contribution is 2.25. The normalized spacial score (nSPS) is 21.4. The third-order valence-corrected chi connectivity index (χ3v) is 4.39. The van der Waals surface area contributed by atoms with Crippen molar-refractivity contribution < 1.29 is 9.26 Å². The van der Waals surface area contributed by atoms with Crippen molar-refractivity contribution in [2.75, 3.05) is 20.2 Å². The minimum Gasteiger partial charge on any atom is -0.380 e. The molecule has 1 aliphatic rings. The molecule has 5 nitrogen and oxygen atoms in total. The number of ether oxygens (including phenoxy) is 1. The molecule has 2 heterocycles. The van der Waals surface area contributed by atoms with Crippen molar-refractivity contribution >= 4 is 0 Å². The quantitative estimate of drug-likeness (QED) is 0.849. The first-order chi connectivity index (χ1) is 11.2. The fourth-order valence-electron chi connectivity index (χ4n) is 3.23. The molecule has 1 aromatic heterocycles. The molecule has 2 aromatic rings. The first kappa shape index (κ1) is 15.7. The van der Waals surface area contributed by atoms with Gasteiger partial charge < -0.3 is 9.26 Å². The topological polar surface area (TPSA) is 62.3 Å². The molecule has 3 rings (SSSR count). The summed E-state index contributed by atoms with van der Waals surface area (Å²) in [4.78, 5) is 2.39. The van der Waals surface area contributed by atoms with Gasteiger partial charge in [-0.2, -0.15) is 5.26 Å². The molecule has 0 amide bonds. The van der Waals surface area contributed by atoms with E-state index < -0.39 is 0 Å². The van der Waals surface area contributed by atoms with Crippen molar-refractivity contribution in [1.82, 2.24) is 10.1 Å². The molecule has 0 spiro atoms. The molecule has 2 atom stereocenters. The van der Waals surface area contributed by atoms with Crippen molar-refractivity contribution in [3.63, 3.8) is 0 Å². The van der Waals surface area contributed by atoms with Crippen LogP contribution in [0.25, 0.3) is 0 Å². The Morgan fingerprint density at radius 1 is 1.35 bits per heavy atom. The van der Waals surface area contributed by atoms with Gasteiger partial charge in [0.1, 0.15) is 5.76 Å². The monoisotopic (exact) mass is 311 g/mol. The van der Waals surface area contributed by atoms with Gasteiger partial charge in [-0.15, -0.1) is 0 Å². The molecule has 0 bridgehead atoms. The molecule has 23 heavy (non-hydrogen) atoms. The molecule has 5 heteroatoms. The smallest absolute Gasteiger partial charge is 0.137 e. The molecule has 1 saturated heterocycles. The minimum absolute atomic E-state index is 0.207. The fourth-order valence-corrected chi connectivity index (χ4v) is 3.23. The van der Waals surface area contributed by atoms with Crippen LogP contribution in [0.5, 0.6) is 0 Å². The number of likely N-dealkylation sites (tertiary alicyclic amines) is 1. The summed E-state index contributed by atoms with van der Waals surface area (Å²) in [7, 11) is 1.77. The van der Waals surface area contributed by atoms with Gasteiger partial charge in [0.2, 0.25) is 0 Å². The van der Waals surface area contributed by atoms with E-state index in [0.717, 1.165) is 37.5 Å². The highest BCUT2D eigenvalue weighted by molar-refractivity contribution is 5.31. The molecule has 0 aliphatic carbocycles. The second kappa shape index (κ2) is 6.95. The number of benzene rings is 1. The van der Waals surface area contributed by atoms with Gasteiger partial charge in [-0.3, -0.25) is 4.90 Å². The number of rotatable bonds is 5. The summed E-state index contributed by atoms with van der Waals surface area (Å²) in [6, 6.07) is 11.9. The van der Waals surface area contributed by atoms with E-state index in [4.69, 9.17) is 14.5 Å². The Labute approximate surface area is 136 Å². The van der Waals surface area contributed by atoms with Gasteiger partial charge in [-0.1, -0.05) is 17.3 Å². The fraction of sp³-hybridized carbons (Fsp3) is 0.444. The predicted octanol–water partition coefficient (Wildman–Crippen LogP) is 2.54. The lowest BCUT2D eigenvalue weighted by atomic mass is 10.0. The lowest BCUT2D eigenvalue weighted by Crippen LogP contribution is -2.23. The van der Waals surface area contributed by atoms with Crippen molar-refractivity contribution in [3.05, 3.63) is 52.9 Å². The second-order valence-electron chi connectivity index (χ2n) is 6.18. The summed E-state index contributed by atoms with van der Waals surface area (Å²) in [5, 5.41) is 12.8. The Bertz CT molecular complexity index is 687. The van der Waals surface area contributed by atoms with Crippen molar-refractivity contribution in [2.45, 2.75) is 26.0 Å². The lowest BCUT2D eigenvalue weighted by Gasteiger charge is -2.15. The van der Waals surface area contributed by atoms with Gasteiger partial charge in [-0.05, 0) is 24.6 Å². The van der Waals surface area contributed by atoms with E-state index in [2.05, 4.69) is 16.1 Å². The SMILES string of the molecule is CO[C@H]1CN(Cc2ccc(C#N)cc2)C[C@H]1Cc1cc(C)no1. The molecule has 1 aromatic carbocycles. The van der Waals surface area contributed by atoms with Gasteiger partial charge >= 0.3 is 0 Å². The maximum atomic E-state index is 8.87. The van der Waals surface area contributed by atoms with E-state index in [0.29, 0.717) is 11.5 Å². The number of aryl methyl sites for hydroxylation is 1. The van der Waals surface area contributed by atoms with E-state index in [1.54, 1.807) is 7.11 Å².